The van der Waals surface area contributed by atoms with Gasteiger partial charge in [-0.2, -0.15) is 0 Å². The second kappa shape index (κ2) is 13.0. The van der Waals surface area contributed by atoms with Crippen LogP contribution < -0.4 is 29.6 Å². The second-order valence-electron chi connectivity index (χ2n) is 5.95. The van der Waals surface area contributed by atoms with Crippen LogP contribution in [0.25, 0.3) is 0 Å². The summed E-state index contributed by atoms with van der Waals surface area (Å²) in [6, 6.07) is 11.8. The van der Waals surface area contributed by atoms with Crippen LogP contribution in [0, 0.1) is 0 Å². The molecule has 0 bridgehead atoms. The van der Waals surface area contributed by atoms with Crippen molar-refractivity contribution in [3.8, 4) is 23.0 Å². The molecule has 0 aromatic heterocycles. The Kier molecular flexibility index (Phi) is 11.0. The fourth-order valence-electron chi connectivity index (χ4n) is 2.87. The normalized spacial score (nSPS) is 10.6. The molecule has 160 valence electrons. The summed E-state index contributed by atoms with van der Waals surface area (Å²) in [6.07, 6.45) is 0.828. The lowest BCUT2D eigenvalue weighted by atomic mass is 10.1. The van der Waals surface area contributed by atoms with Gasteiger partial charge >= 0.3 is 0 Å². The summed E-state index contributed by atoms with van der Waals surface area (Å²) < 4.78 is 21.5. The van der Waals surface area contributed by atoms with Crippen LogP contribution in [0.2, 0.25) is 0 Å². The molecule has 0 amide bonds. The van der Waals surface area contributed by atoms with Crippen LogP contribution in [0.4, 0.5) is 0 Å². The first-order chi connectivity index (χ1) is 13.7. The van der Waals surface area contributed by atoms with Crippen molar-refractivity contribution >= 4 is 29.9 Å². The molecule has 2 N–H and O–H groups in total. The third kappa shape index (κ3) is 6.88. The van der Waals surface area contributed by atoms with Crippen molar-refractivity contribution in [3.05, 3.63) is 47.5 Å². The third-order valence-electron chi connectivity index (χ3n) is 4.29. The molecule has 2 aromatic rings. The lowest BCUT2D eigenvalue weighted by Gasteiger charge is -2.16. The summed E-state index contributed by atoms with van der Waals surface area (Å²) in [4.78, 5) is 4.27. The Morgan fingerprint density at radius 1 is 0.862 bits per heavy atom. The highest BCUT2D eigenvalue weighted by atomic mass is 127. The summed E-state index contributed by atoms with van der Waals surface area (Å²) in [7, 11) is 8.23. The van der Waals surface area contributed by atoms with Crippen LogP contribution in [-0.4, -0.2) is 48.0 Å². The number of para-hydroxylation sites is 1. The molecular weight excluding hydrogens is 485 g/mol. The Hall–Kier alpha value is -2.36. The summed E-state index contributed by atoms with van der Waals surface area (Å²) in [5.74, 6) is 3.43. The zero-order valence-electron chi connectivity index (χ0n) is 17.6. The number of guanidine groups is 1. The van der Waals surface area contributed by atoms with Gasteiger partial charge < -0.3 is 29.6 Å². The summed E-state index contributed by atoms with van der Waals surface area (Å²) in [5.41, 5.74) is 2.14. The predicted molar refractivity (Wildman–Crippen MR) is 126 cm³/mol. The highest BCUT2D eigenvalue weighted by Crippen LogP contribution is 2.38. The predicted octanol–water partition coefficient (Wildman–Crippen LogP) is 3.25. The van der Waals surface area contributed by atoms with Crippen molar-refractivity contribution in [1.82, 2.24) is 10.6 Å². The van der Waals surface area contributed by atoms with E-state index in [4.69, 9.17) is 18.9 Å². The third-order valence-corrected chi connectivity index (χ3v) is 4.29. The van der Waals surface area contributed by atoms with Gasteiger partial charge in [0.2, 0.25) is 5.75 Å². The van der Waals surface area contributed by atoms with E-state index in [1.54, 1.807) is 35.5 Å². The van der Waals surface area contributed by atoms with E-state index < -0.39 is 0 Å². The minimum Gasteiger partial charge on any atom is -0.496 e. The fourth-order valence-corrected chi connectivity index (χ4v) is 2.87. The maximum Gasteiger partial charge on any atom is 0.203 e. The Labute approximate surface area is 189 Å². The number of ether oxygens (including phenoxy) is 4. The molecule has 0 fully saturated rings. The summed E-state index contributed by atoms with van der Waals surface area (Å²) in [6.45, 7) is 1.29. The van der Waals surface area contributed by atoms with Gasteiger partial charge in [-0.05, 0) is 35.7 Å². The van der Waals surface area contributed by atoms with Gasteiger partial charge in [-0.3, -0.25) is 4.99 Å². The molecule has 0 aliphatic carbocycles. The number of hydrogen-bond donors (Lipinski definition) is 2. The van der Waals surface area contributed by atoms with Crippen LogP contribution in [0.5, 0.6) is 23.0 Å². The van der Waals surface area contributed by atoms with Crippen LogP contribution in [0.1, 0.15) is 11.1 Å². The second-order valence-corrected chi connectivity index (χ2v) is 5.95. The molecule has 2 aromatic carbocycles. The molecule has 0 radical (unpaired) electrons. The number of rotatable bonds is 9. The Morgan fingerprint density at radius 3 is 2.03 bits per heavy atom. The van der Waals surface area contributed by atoms with Crippen LogP contribution in [-0.2, 0) is 13.0 Å². The number of nitrogens with one attached hydrogen (secondary N) is 2. The molecule has 0 aliphatic rings. The Morgan fingerprint density at radius 2 is 1.48 bits per heavy atom. The largest absolute Gasteiger partial charge is 0.496 e. The monoisotopic (exact) mass is 515 g/mol. The van der Waals surface area contributed by atoms with Crippen LogP contribution >= 0.6 is 24.0 Å². The molecular formula is C21H30IN3O4. The van der Waals surface area contributed by atoms with Gasteiger partial charge in [0.25, 0.3) is 0 Å². The molecule has 0 spiro atoms. The highest BCUT2D eigenvalue weighted by molar-refractivity contribution is 14.0. The molecule has 7 nitrogen and oxygen atoms in total. The lowest BCUT2D eigenvalue weighted by molar-refractivity contribution is 0.323. The maximum absolute atomic E-state index is 5.40. The summed E-state index contributed by atoms with van der Waals surface area (Å²) in [5, 5.41) is 6.61. The number of benzene rings is 2. The van der Waals surface area contributed by atoms with Crippen molar-refractivity contribution in [2.75, 3.05) is 42.0 Å². The summed E-state index contributed by atoms with van der Waals surface area (Å²) >= 11 is 0. The van der Waals surface area contributed by atoms with E-state index in [2.05, 4.69) is 21.7 Å². The fraction of sp³-hybridized carbons (Fsp3) is 0.381. The van der Waals surface area contributed by atoms with E-state index in [1.807, 2.05) is 30.3 Å². The number of hydrogen-bond acceptors (Lipinski definition) is 5. The molecule has 8 heteroatoms. The number of methoxy groups -OCH3 is 4. The quantitative estimate of drug-likeness (QED) is 0.304. The molecule has 29 heavy (non-hydrogen) atoms. The topological polar surface area (TPSA) is 73.3 Å². The molecule has 0 saturated heterocycles. The first-order valence-corrected chi connectivity index (χ1v) is 9.02. The molecule has 0 unspecified atom stereocenters. The average molecular weight is 515 g/mol. The minimum atomic E-state index is 0. The van der Waals surface area contributed by atoms with Gasteiger partial charge in [-0.25, -0.2) is 0 Å². The van der Waals surface area contributed by atoms with Gasteiger partial charge in [-0.15, -0.1) is 24.0 Å². The maximum atomic E-state index is 5.40. The van der Waals surface area contributed by atoms with E-state index >= 15 is 0 Å². The first-order valence-electron chi connectivity index (χ1n) is 9.02. The molecule has 0 aliphatic heterocycles. The average Bonchev–Trinajstić information content (AvgIpc) is 2.75. The van der Waals surface area contributed by atoms with Gasteiger partial charge in [0.15, 0.2) is 17.5 Å². The Bertz CT molecular complexity index is 774. The lowest BCUT2D eigenvalue weighted by Crippen LogP contribution is -2.37. The van der Waals surface area contributed by atoms with E-state index in [9.17, 15) is 0 Å². The van der Waals surface area contributed by atoms with Crippen molar-refractivity contribution in [2.45, 2.75) is 13.0 Å². The number of halogens is 1. The highest BCUT2D eigenvalue weighted by Gasteiger charge is 2.13. The van der Waals surface area contributed by atoms with E-state index in [0.29, 0.717) is 29.8 Å². The molecule has 0 saturated carbocycles. The minimum absolute atomic E-state index is 0. The molecule has 0 heterocycles. The van der Waals surface area contributed by atoms with E-state index in [1.165, 1.54) is 0 Å². The van der Waals surface area contributed by atoms with E-state index in [-0.39, 0.29) is 24.0 Å². The van der Waals surface area contributed by atoms with Crippen molar-refractivity contribution < 1.29 is 18.9 Å². The first kappa shape index (κ1) is 24.7. The van der Waals surface area contributed by atoms with Crippen molar-refractivity contribution in [1.29, 1.82) is 0 Å². The zero-order chi connectivity index (χ0) is 20.4. The van der Waals surface area contributed by atoms with Crippen molar-refractivity contribution in [2.24, 2.45) is 4.99 Å². The van der Waals surface area contributed by atoms with Gasteiger partial charge in [-0.1, -0.05) is 18.2 Å². The molecule has 0 atom stereocenters. The molecule has 2 rings (SSSR count). The van der Waals surface area contributed by atoms with Gasteiger partial charge in [0.05, 0.1) is 28.4 Å². The number of aliphatic imine (C=N–C) groups is 1. The number of nitrogens with zero attached hydrogens (tertiary/aromatic N) is 1. The SMILES string of the molecule is CN=C(NCCc1ccccc1OC)NCc1cc(OC)c(OC)c(OC)c1.I. The van der Waals surface area contributed by atoms with Crippen LogP contribution in [0.3, 0.4) is 0 Å². The smallest absolute Gasteiger partial charge is 0.203 e. The Balaban J connectivity index is 0.00000420. The van der Waals surface area contributed by atoms with E-state index in [0.717, 1.165) is 29.8 Å². The standard InChI is InChI=1S/C21H29N3O4.HI/c1-22-21(23-11-10-16-8-6-7-9-17(16)25-2)24-14-15-12-18(26-3)20(28-5)19(13-15)27-4;/h6-9,12-13H,10-11,14H2,1-5H3,(H2,22,23,24);1H. The van der Waals surface area contributed by atoms with Gasteiger partial charge in [0.1, 0.15) is 5.75 Å². The van der Waals surface area contributed by atoms with Crippen LogP contribution in [0.15, 0.2) is 41.4 Å². The zero-order valence-corrected chi connectivity index (χ0v) is 19.9. The van der Waals surface area contributed by atoms with Gasteiger partial charge in [0, 0.05) is 20.1 Å². The van der Waals surface area contributed by atoms with Crippen molar-refractivity contribution in [3.63, 3.8) is 0 Å².